The van der Waals surface area contributed by atoms with E-state index in [0.29, 0.717) is 98.9 Å². The number of benzene rings is 2. The zero-order chi connectivity index (χ0) is 46.6. The zero-order valence-corrected chi connectivity index (χ0v) is 37.7. The number of nitrogens with two attached hydrogens (primary N) is 1. The molecular weight excluding hydrogens is 846 g/mol. The number of ether oxygens (including phenoxy) is 2. The summed E-state index contributed by atoms with van der Waals surface area (Å²) in [6, 6.07) is 16.7. The van der Waals surface area contributed by atoms with Crippen LogP contribution in [0, 0.1) is 37.3 Å². The number of aliphatic carboxylic acids is 1. The second kappa shape index (κ2) is 23.5. The van der Waals surface area contributed by atoms with E-state index >= 15 is 0 Å². The Hall–Kier alpha value is -6.70. The molecule has 4 aliphatic rings. The van der Waals surface area contributed by atoms with Gasteiger partial charge < -0.3 is 40.2 Å². The molecule has 2 aromatic heterocycles. The number of aromatic nitrogens is 2. The summed E-state index contributed by atoms with van der Waals surface area (Å²) >= 11 is 0. The van der Waals surface area contributed by atoms with Crippen LogP contribution < -0.4 is 44.8 Å². The number of carbonyl (C=O) groups excluding carboxylic acids is 4. The summed E-state index contributed by atoms with van der Waals surface area (Å²) < 4.78 is 38.1. The van der Waals surface area contributed by atoms with Crippen molar-refractivity contribution in [1.29, 1.82) is 0 Å². The fourth-order valence-electron chi connectivity index (χ4n) is 7.92. The molecule has 18 heteroatoms. The molecule has 6 heterocycles. The number of carboxylic acids is 1. The van der Waals surface area contributed by atoms with E-state index in [1.807, 2.05) is 47.9 Å². The van der Waals surface area contributed by atoms with Gasteiger partial charge in [-0.1, -0.05) is 24.3 Å². The summed E-state index contributed by atoms with van der Waals surface area (Å²) in [4.78, 5) is 67.1. The monoisotopic (exact) mass is 896 g/mol. The fourth-order valence-corrected chi connectivity index (χ4v) is 7.92. The van der Waals surface area contributed by atoms with Crippen molar-refractivity contribution in [2.24, 2.45) is 21.8 Å². The maximum atomic E-state index is 14.8. The van der Waals surface area contributed by atoms with Gasteiger partial charge in [0, 0.05) is 73.9 Å². The Morgan fingerprint density at radius 1 is 0.697 bits per heavy atom. The normalized spacial score (nSPS) is 15.8. The predicted molar refractivity (Wildman–Crippen MR) is 243 cm³/mol. The number of carboxylic acid groups (broad SMARTS) is 1. The molecule has 2 fully saturated rings. The standard InChI is InChI=1S/C24H25FN4O3.C13H17FN2O2.C11H10N2O2.Li/c1-15-14-17(8-11-26-15)19-6-7-21(27-19)23(30)28-20-5-3-4-18(25)22(20)29-12-9-16(10-13-29)24(31)32-2;1-18-13(17)9-5-7-16(8-6-9)12-10(14)3-2-4-11(12)15;1-7-6-8(4-5-12-7)9-2-3-10(13-9)11(14)15;/h3-6,8,11,14,16H,7,9-10,12-13H2,1-2H3,(H,28,30);2-4,9H,5-8,15H2,1H3;2,4-6H,3H2,1H3,(H,14,15);/q;;;+1/p-1. The number of anilines is 4. The quantitative estimate of drug-likeness (QED) is 0.142. The minimum atomic E-state index is -1.20. The summed E-state index contributed by atoms with van der Waals surface area (Å²) in [5.41, 5.74) is 12.8. The van der Waals surface area contributed by atoms with E-state index in [1.165, 1.54) is 26.4 Å². The van der Waals surface area contributed by atoms with Gasteiger partial charge in [0.05, 0.1) is 71.9 Å². The van der Waals surface area contributed by atoms with Crippen LogP contribution in [0.15, 0.2) is 95.2 Å². The number of rotatable bonds is 9. The first-order valence-electron chi connectivity index (χ1n) is 21.2. The number of nitrogen functional groups attached to an aromatic ring is 1. The number of hydrogen-bond acceptors (Lipinski definition) is 14. The molecule has 0 spiro atoms. The summed E-state index contributed by atoms with van der Waals surface area (Å²) in [5.74, 6) is -2.99. The molecule has 66 heavy (non-hydrogen) atoms. The van der Waals surface area contributed by atoms with Crippen LogP contribution in [0.3, 0.4) is 0 Å². The van der Waals surface area contributed by atoms with Crippen molar-refractivity contribution in [2.45, 2.75) is 52.4 Å². The Balaban J connectivity index is 0.000000203. The molecule has 2 aromatic carbocycles. The van der Waals surface area contributed by atoms with E-state index in [-0.39, 0.29) is 60.1 Å². The number of nitrogens with zero attached hydrogens (tertiary/aromatic N) is 6. The van der Waals surface area contributed by atoms with E-state index in [0.717, 1.165) is 28.2 Å². The molecule has 2 saturated heterocycles. The van der Waals surface area contributed by atoms with Crippen LogP contribution in [0.25, 0.3) is 11.4 Å². The van der Waals surface area contributed by atoms with Crippen molar-refractivity contribution < 1.29 is 61.4 Å². The predicted octanol–water partition coefficient (Wildman–Crippen LogP) is 2.87. The van der Waals surface area contributed by atoms with Gasteiger partial charge in [-0.3, -0.25) is 29.3 Å². The van der Waals surface area contributed by atoms with Crippen molar-refractivity contribution in [3.8, 4) is 0 Å². The van der Waals surface area contributed by atoms with Gasteiger partial charge in [0.1, 0.15) is 17.3 Å². The van der Waals surface area contributed by atoms with Crippen molar-refractivity contribution >= 4 is 69.4 Å². The number of methoxy groups -OCH3 is 2. The van der Waals surface area contributed by atoms with E-state index in [4.69, 9.17) is 15.2 Å². The van der Waals surface area contributed by atoms with Crippen LogP contribution >= 0.6 is 0 Å². The molecule has 4 aromatic rings. The first kappa shape index (κ1) is 50.3. The van der Waals surface area contributed by atoms with E-state index in [1.54, 1.807) is 48.8 Å². The molecule has 1 amide bonds. The Morgan fingerprint density at radius 2 is 1.15 bits per heavy atom. The van der Waals surface area contributed by atoms with Crippen molar-refractivity contribution in [3.05, 3.63) is 119 Å². The average Bonchev–Trinajstić information content (AvgIpc) is 4.02. The molecule has 0 radical (unpaired) electrons. The van der Waals surface area contributed by atoms with Gasteiger partial charge in [0.25, 0.3) is 5.91 Å². The van der Waals surface area contributed by atoms with Gasteiger partial charge in [-0.2, -0.15) is 0 Å². The molecule has 0 unspecified atom stereocenters. The second-order valence-corrected chi connectivity index (χ2v) is 15.7. The van der Waals surface area contributed by atoms with Crippen LogP contribution in [-0.4, -0.2) is 85.6 Å². The second-order valence-electron chi connectivity index (χ2n) is 15.7. The molecule has 340 valence electrons. The number of halogens is 2. The maximum absolute atomic E-state index is 14.8. The smallest absolute Gasteiger partial charge is 0.543 e. The Bertz CT molecular complexity index is 2530. The van der Waals surface area contributed by atoms with Gasteiger partial charge >= 0.3 is 30.8 Å². The number of aryl methyl sites for hydroxylation is 2. The number of amides is 1. The third-order valence-electron chi connectivity index (χ3n) is 11.3. The number of piperidine rings is 2. The molecule has 15 nitrogen and oxygen atoms in total. The Kier molecular flexibility index (Phi) is 17.9. The molecule has 8 rings (SSSR count). The number of nitrogens with one attached hydrogen (secondary N) is 1. The third-order valence-corrected chi connectivity index (χ3v) is 11.3. The van der Waals surface area contributed by atoms with Crippen LogP contribution in [0.1, 0.15) is 61.0 Å². The van der Waals surface area contributed by atoms with Crippen LogP contribution in [0.5, 0.6) is 0 Å². The number of pyridine rings is 2. The molecule has 4 aliphatic heterocycles. The molecule has 0 saturated carbocycles. The van der Waals surface area contributed by atoms with Crippen molar-refractivity contribution in [3.63, 3.8) is 0 Å². The molecular formula is C48H51F2LiN8O7. The maximum Gasteiger partial charge on any atom is 1.00 e. The average molecular weight is 897 g/mol. The van der Waals surface area contributed by atoms with Gasteiger partial charge in [-0.05, 0) is 88.1 Å². The van der Waals surface area contributed by atoms with E-state index < -0.39 is 11.8 Å². The largest absolute Gasteiger partial charge is 1.00 e. The minimum Gasteiger partial charge on any atom is -0.543 e. The number of esters is 2. The summed E-state index contributed by atoms with van der Waals surface area (Å²) in [6.07, 6.45) is 10.3. The number of carbonyl (C=O) groups is 4. The Labute approximate surface area is 394 Å². The molecule has 3 N–H and O–H groups in total. The minimum absolute atomic E-state index is 0. The fraction of sp³-hybridized carbons (Fsp3) is 0.333. The van der Waals surface area contributed by atoms with Crippen LogP contribution in [0.2, 0.25) is 0 Å². The van der Waals surface area contributed by atoms with E-state index in [2.05, 4.69) is 25.3 Å². The first-order valence-corrected chi connectivity index (χ1v) is 21.2. The van der Waals surface area contributed by atoms with Gasteiger partial charge in [0.15, 0.2) is 0 Å². The van der Waals surface area contributed by atoms with Crippen molar-refractivity contribution in [2.75, 3.05) is 61.2 Å². The van der Waals surface area contributed by atoms with Crippen LogP contribution in [-0.2, 0) is 28.7 Å². The number of para-hydroxylation sites is 2. The third kappa shape index (κ3) is 12.8. The van der Waals surface area contributed by atoms with E-state index in [9.17, 15) is 33.1 Å². The zero-order valence-electron chi connectivity index (χ0n) is 37.7. The number of hydrogen-bond donors (Lipinski definition) is 2. The van der Waals surface area contributed by atoms with Crippen molar-refractivity contribution in [1.82, 2.24) is 9.97 Å². The van der Waals surface area contributed by atoms with Crippen LogP contribution in [0.4, 0.5) is 31.5 Å². The first-order chi connectivity index (χ1) is 31.3. The number of aliphatic imine (C=N–C) groups is 2. The topological polar surface area (TPSA) is 205 Å². The summed E-state index contributed by atoms with van der Waals surface area (Å²) in [7, 11) is 2.77. The van der Waals surface area contributed by atoms with Gasteiger partial charge in [-0.25, -0.2) is 13.8 Å². The van der Waals surface area contributed by atoms with Gasteiger partial charge in [-0.15, -0.1) is 0 Å². The molecule has 0 bridgehead atoms. The SMILES string of the molecule is COC(=O)C1CCN(c2c(F)cccc2NC(=O)C2=NC(c3ccnc(C)c3)=CC2)CC1.COC(=O)C1CCN(c2c(N)cccc2F)CC1.Cc1cc(C2=CCC(C(=O)[O-])=N2)ccn1.[Li+]. The summed E-state index contributed by atoms with van der Waals surface area (Å²) in [6.45, 7) is 6.00. The molecule has 0 aliphatic carbocycles. The summed E-state index contributed by atoms with van der Waals surface area (Å²) in [5, 5.41) is 13.4. The Morgan fingerprint density at radius 3 is 1.61 bits per heavy atom. The van der Waals surface area contributed by atoms with Gasteiger partial charge in [0.2, 0.25) is 0 Å². The molecule has 0 atom stereocenters. The number of allylic oxidation sites excluding steroid dienone is 2.